The van der Waals surface area contributed by atoms with Crippen LogP contribution in [0.25, 0.3) is 0 Å². The lowest BCUT2D eigenvalue weighted by Gasteiger charge is -2.35. The average molecular weight is 292 g/mol. The zero-order valence-electron chi connectivity index (χ0n) is 10.0. The van der Waals surface area contributed by atoms with Gasteiger partial charge in [0.25, 0.3) is 0 Å². The van der Waals surface area contributed by atoms with Gasteiger partial charge in [-0.2, -0.15) is 0 Å². The Morgan fingerprint density at radius 3 is 2.22 bits per heavy atom. The number of hydrogen-bond donors (Lipinski definition) is 1. The SMILES string of the molecule is OCC1(F)CCN(Cc2cc(Cl)cc(Cl)c2)CC1. The normalized spacial score (nSPS) is 20.0. The van der Waals surface area contributed by atoms with E-state index in [2.05, 4.69) is 4.90 Å². The first-order chi connectivity index (χ1) is 8.50. The standard InChI is InChI=1S/C13H16Cl2FNO/c14-11-5-10(6-12(15)7-11)8-17-3-1-13(16,9-18)2-4-17/h5-7,18H,1-4,8-9H2. The topological polar surface area (TPSA) is 23.5 Å². The molecule has 0 radical (unpaired) electrons. The molecule has 0 atom stereocenters. The molecule has 1 aromatic carbocycles. The summed E-state index contributed by atoms with van der Waals surface area (Å²) in [7, 11) is 0. The summed E-state index contributed by atoms with van der Waals surface area (Å²) in [5.41, 5.74) is -0.370. The molecule has 2 rings (SSSR count). The lowest BCUT2D eigenvalue weighted by atomic mass is 9.94. The molecule has 5 heteroatoms. The van der Waals surface area contributed by atoms with E-state index in [9.17, 15) is 4.39 Å². The number of likely N-dealkylation sites (tertiary alicyclic amines) is 1. The van der Waals surface area contributed by atoms with Crippen molar-refractivity contribution >= 4 is 23.2 Å². The Hall–Kier alpha value is -0.350. The fraction of sp³-hybridized carbons (Fsp3) is 0.538. The van der Waals surface area contributed by atoms with Gasteiger partial charge in [0.15, 0.2) is 0 Å². The van der Waals surface area contributed by atoms with Gasteiger partial charge >= 0.3 is 0 Å². The minimum Gasteiger partial charge on any atom is -0.393 e. The van der Waals surface area contributed by atoms with Crippen molar-refractivity contribution in [2.75, 3.05) is 19.7 Å². The monoisotopic (exact) mass is 291 g/mol. The van der Waals surface area contributed by atoms with Crippen LogP contribution in [0.1, 0.15) is 18.4 Å². The average Bonchev–Trinajstić information content (AvgIpc) is 2.31. The van der Waals surface area contributed by atoms with Crippen LogP contribution >= 0.6 is 23.2 Å². The molecule has 0 bridgehead atoms. The smallest absolute Gasteiger partial charge is 0.136 e. The van der Waals surface area contributed by atoms with Crippen LogP contribution in [0, 0.1) is 0 Å². The van der Waals surface area contributed by atoms with Gasteiger partial charge in [0.05, 0.1) is 6.61 Å². The third-order valence-corrected chi connectivity index (χ3v) is 3.80. The van der Waals surface area contributed by atoms with Gasteiger partial charge in [0.2, 0.25) is 0 Å². The summed E-state index contributed by atoms with van der Waals surface area (Å²) in [5, 5.41) is 10.2. The summed E-state index contributed by atoms with van der Waals surface area (Å²) in [4.78, 5) is 2.15. The van der Waals surface area contributed by atoms with Gasteiger partial charge in [-0.05, 0) is 36.6 Å². The molecule has 1 N–H and O–H groups in total. The van der Waals surface area contributed by atoms with Crippen molar-refractivity contribution in [2.45, 2.75) is 25.1 Å². The molecule has 0 spiro atoms. The lowest BCUT2D eigenvalue weighted by Crippen LogP contribution is -2.43. The summed E-state index contributed by atoms with van der Waals surface area (Å²) in [6.45, 7) is 1.61. The quantitative estimate of drug-likeness (QED) is 0.924. The number of rotatable bonds is 3. The molecular weight excluding hydrogens is 276 g/mol. The molecule has 0 unspecified atom stereocenters. The molecule has 1 aromatic rings. The lowest BCUT2D eigenvalue weighted by molar-refractivity contribution is 0.00674. The number of halogens is 3. The van der Waals surface area contributed by atoms with Gasteiger partial charge in [-0.25, -0.2) is 4.39 Å². The van der Waals surface area contributed by atoms with Crippen LogP contribution in [0.15, 0.2) is 18.2 Å². The first kappa shape index (κ1) is 14.1. The predicted octanol–water partition coefficient (Wildman–Crippen LogP) is 3.29. The number of piperidine rings is 1. The molecule has 0 saturated carbocycles. The van der Waals surface area contributed by atoms with E-state index in [1.807, 2.05) is 12.1 Å². The van der Waals surface area contributed by atoms with Gasteiger partial charge < -0.3 is 5.11 Å². The number of alkyl halides is 1. The molecule has 1 aliphatic rings. The van der Waals surface area contributed by atoms with E-state index >= 15 is 0 Å². The maximum atomic E-state index is 13.8. The highest BCUT2D eigenvalue weighted by molar-refractivity contribution is 6.34. The van der Waals surface area contributed by atoms with Gasteiger partial charge in [0.1, 0.15) is 5.67 Å². The molecule has 1 heterocycles. The van der Waals surface area contributed by atoms with E-state index < -0.39 is 5.67 Å². The van der Waals surface area contributed by atoms with Gasteiger partial charge in [0, 0.05) is 29.7 Å². The number of hydrogen-bond acceptors (Lipinski definition) is 2. The second-order valence-electron chi connectivity index (χ2n) is 4.86. The second kappa shape index (κ2) is 5.74. The Morgan fingerprint density at radius 1 is 1.17 bits per heavy atom. The highest BCUT2D eigenvalue weighted by atomic mass is 35.5. The Morgan fingerprint density at radius 2 is 1.72 bits per heavy atom. The molecular formula is C13H16Cl2FNO. The summed E-state index contributed by atoms with van der Waals surface area (Å²) >= 11 is 11.9. The first-order valence-electron chi connectivity index (χ1n) is 5.98. The molecule has 1 fully saturated rings. The van der Waals surface area contributed by atoms with Crippen molar-refractivity contribution in [1.82, 2.24) is 4.90 Å². The summed E-state index contributed by atoms with van der Waals surface area (Å²) in [6, 6.07) is 5.44. The third kappa shape index (κ3) is 3.58. The number of nitrogens with zero attached hydrogens (tertiary/aromatic N) is 1. The summed E-state index contributed by atoms with van der Waals surface area (Å²) < 4.78 is 13.8. The zero-order chi connectivity index (χ0) is 13.2. The second-order valence-corrected chi connectivity index (χ2v) is 5.74. The van der Waals surface area contributed by atoms with Crippen LogP contribution in [0.3, 0.4) is 0 Å². The molecule has 1 saturated heterocycles. The van der Waals surface area contributed by atoms with Crippen molar-refractivity contribution in [2.24, 2.45) is 0 Å². The Kier molecular flexibility index (Phi) is 4.49. The molecule has 0 aromatic heterocycles. The van der Waals surface area contributed by atoms with Crippen LogP contribution in [0.5, 0.6) is 0 Å². The predicted molar refractivity (Wildman–Crippen MR) is 71.9 cm³/mol. The van der Waals surface area contributed by atoms with Crippen molar-refractivity contribution in [1.29, 1.82) is 0 Å². The fourth-order valence-corrected chi connectivity index (χ4v) is 2.80. The maximum Gasteiger partial charge on any atom is 0.136 e. The number of aliphatic hydroxyl groups excluding tert-OH is 1. The number of benzene rings is 1. The van der Waals surface area contributed by atoms with Crippen LogP contribution in [-0.2, 0) is 6.54 Å². The van der Waals surface area contributed by atoms with E-state index in [0.29, 0.717) is 42.5 Å². The Balaban J connectivity index is 1.95. The molecule has 2 nitrogen and oxygen atoms in total. The van der Waals surface area contributed by atoms with Gasteiger partial charge in [-0.15, -0.1) is 0 Å². The van der Waals surface area contributed by atoms with Crippen LogP contribution in [-0.4, -0.2) is 35.4 Å². The number of aliphatic hydroxyl groups is 1. The highest BCUT2D eigenvalue weighted by Gasteiger charge is 2.33. The Labute approximate surface area is 116 Å². The third-order valence-electron chi connectivity index (χ3n) is 3.36. The van der Waals surface area contributed by atoms with Crippen molar-refractivity contribution < 1.29 is 9.50 Å². The van der Waals surface area contributed by atoms with E-state index in [-0.39, 0.29) is 6.61 Å². The summed E-state index contributed by atoms with van der Waals surface area (Å²) in [6.07, 6.45) is 0.746. The minimum atomic E-state index is -1.40. The van der Waals surface area contributed by atoms with E-state index in [0.717, 1.165) is 5.56 Å². The zero-order valence-corrected chi connectivity index (χ0v) is 11.5. The maximum absolute atomic E-state index is 13.8. The van der Waals surface area contributed by atoms with Crippen LogP contribution in [0.4, 0.5) is 4.39 Å². The van der Waals surface area contributed by atoms with Crippen molar-refractivity contribution in [3.05, 3.63) is 33.8 Å². The molecule has 0 aliphatic carbocycles. The van der Waals surface area contributed by atoms with Crippen LogP contribution in [0.2, 0.25) is 10.0 Å². The minimum absolute atomic E-state index is 0.373. The fourth-order valence-electron chi connectivity index (χ4n) is 2.23. The Bertz CT molecular complexity index is 399. The van der Waals surface area contributed by atoms with E-state index in [1.54, 1.807) is 6.07 Å². The van der Waals surface area contributed by atoms with Gasteiger partial charge in [-0.1, -0.05) is 23.2 Å². The molecule has 100 valence electrons. The molecule has 0 amide bonds. The van der Waals surface area contributed by atoms with Crippen LogP contribution < -0.4 is 0 Å². The van der Waals surface area contributed by atoms with E-state index in [4.69, 9.17) is 28.3 Å². The highest BCUT2D eigenvalue weighted by Crippen LogP contribution is 2.27. The van der Waals surface area contributed by atoms with Gasteiger partial charge in [-0.3, -0.25) is 4.90 Å². The molecule has 1 aliphatic heterocycles. The van der Waals surface area contributed by atoms with Crippen molar-refractivity contribution in [3.63, 3.8) is 0 Å². The first-order valence-corrected chi connectivity index (χ1v) is 6.73. The molecule has 18 heavy (non-hydrogen) atoms. The largest absolute Gasteiger partial charge is 0.393 e. The van der Waals surface area contributed by atoms with Crippen molar-refractivity contribution in [3.8, 4) is 0 Å². The van der Waals surface area contributed by atoms with E-state index in [1.165, 1.54) is 0 Å². The summed E-state index contributed by atoms with van der Waals surface area (Å²) in [5.74, 6) is 0.